The predicted octanol–water partition coefficient (Wildman–Crippen LogP) is 15.2. The zero-order valence-electron chi connectivity index (χ0n) is 37.1. The zero-order valence-corrected chi connectivity index (χ0v) is 37.1. The number of unbranched alkanes of at least 4 members (excludes halogenated alkanes) is 24. The fourth-order valence-electron chi connectivity index (χ4n) is 7.38. The maximum absolute atomic E-state index is 12.8. The first-order valence-corrected chi connectivity index (χ1v) is 23.9. The van der Waals surface area contributed by atoms with Gasteiger partial charge in [-0.15, -0.1) is 0 Å². The Bertz CT molecular complexity index is 852. The van der Waals surface area contributed by atoms with Gasteiger partial charge in [0.2, 0.25) is 0 Å². The number of hydrogen-bond donors (Lipinski definition) is 0. The fourth-order valence-corrected chi connectivity index (χ4v) is 7.38. The molecule has 0 amide bonds. The summed E-state index contributed by atoms with van der Waals surface area (Å²) in [5.41, 5.74) is 1.39. The van der Waals surface area contributed by atoms with E-state index in [1.54, 1.807) is 0 Å². The molecule has 0 aromatic rings. The minimum absolute atomic E-state index is 0.0128. The summed E-state index contributed by atoms with van der Waals surface area (Å²) in [6, 6.07) is 0. The van der Waals surface area contributed by atoms with Gasteiger partial charge in [-0.1, -0.05) is 180 Å². The van der Waals surface area contributed by atoms with Crippen LogP contribution in [0.4, 0.5) is 0 Å². The van der Waals surface area contributed by atoms with E-state index in [1.807, 2.05) is 0 Å². The van der Waals surface area contributed by atoms with Crippen molar-refractivity contribution in [1.29, 1.82) is 0 Å². The number of allylic oxidation sites excluding steroid dienone is 2. The van der Waals surface area contributed by atoms with Gasteiger partial charge in [0, 0.05) is 19.4 Å². The minimum Gasteiger partial charge on any atom is -0.466 e. The van der Waals surface area contributed by atoms with Crippen LogP contribution in [0.1, 0.15) is 247 Å². The summed E-state index contributed by atoms with van der Waals surface area (Å²) in [7, 11) is 0. The Labute approximate surface area is 337 Å². The lowest BCUT2D eigenvalue weighted by molar-refractivity contribution is -0.150. The third-order valence-corrected chi connectivity index (χ3v) is 10.9. The molecule has 54 heavy (non-hydrogen) atoms. The van der Waals surface area contributed by atoms with E-state index in [0.29, 0.717) is 19.4 Å². The van der Waals surface area contributed by atoms with Crippen molar-refractivity contribution in [2.45, 2.75) is 253 Å². The van der Waals surface area contributed by atoms with Gasteiger partial charge in [-0.3, -0.25) is 14.5 Å². The molecule has 5 nitrogen and oxygen atoms in total. The molecule has 0 rings (SSSR count). The molecule has 0 atom stereocenters. The van der Waals surface area contributed by atoms with E-state index < -0.39 is 0 Å². The second kappa shape index (κ2) is 42.5. The van der Waals surface area contributed by atoms with Crippen molar-refractivity contribution in [3.63, 3.8) is 0 Å². The molecule has 0 heterocycles. The summed E-state index contributed by atoms with van der Waals surface area (Å²) in [4.78, 5) is 27.5. The highest BCUT2D eigenvalue weighted by atomic mass is 16.5. The van der Waals surface area contributed by atoms with Crippen LogP contribution in [0, 0.1) is 0 Å². The monoisotopic (exact) mass is 760 g/mol. The third-order valence-electron chi connectivity index (χ3n) is 10.9. The summed E-state index contributed by atoms with van der Waals surface area (Å²) in [5.74, 6) is 0.0194. The van der Waals surface area contributed by atoms with Crippen LogP contribution in [0.2, 0.25) is 0 Å². The van der Waals surface area contributed by atoms with Crippen LogP contribution >= 0.6 is 0 Å². The lowest BCUT2D eigenvalue weighted by atomic mass is 10.0. The van der Waals surface area contributed by atoms with Gasteiger partial charge in [-0.2, -0.15) is 0 Å². The van der Waals surface area contributed by atoms with E-state index in [0.717, 1.165) is 64.6 Å². The van der Waals surface area contributed by atoms with E-state index in [-0.39, 0.29) is 18.0 Å². The van der Waals surface area contributed by atoms with Gasteiger partial charge in [-0.05, 0) is 90.3 Å². The molecule has 318 valence electrons. The average Bonchev–Trinajstić information content (AvgIpc) is 3.17. The molecule has 0 N–H and O–H groups in total. The van der Waals surface area contributed by atoms with Crippen molar-refractivity contribution in [3.8, 4) is 0 Å². The van der Waals surface area contributed by atoms with Gasteiger partial charge in [0.15, 0.2) is 0 Å². The van der Waals surface area contributed by atoms with E-state index in [4.69, 9.17) is 9.47 Å². The molecule has 0 aliphatic rings. The van der Waals surface area contributed by atoms with Crippen molar-refractivity contribution < 1.29 is 19.1 Å². The first kappa shape index (κ1) is 52.4. The Morgan fingerprint density at radius 2 is 0.907 bits per heavy atom. The SMILES string of the molecule is C/C=C\C(=C/C)CN(CCCCCCCC(=O)OCCCCCCCCC)CCCCCCCC(=O)OC(CCCCCCCC)CCCCCCCC. The van der Waals surface area contributed by atoms with E-state index >= 15 is 0 Å². The average molecular weight is 760 g/mol. The number of carbonyl (C=O) groups excluding carboxylic acids is 2. The first-order chi connectivity index (χ1) is 26.5. The van der Waals surface area contributed by atoms with Gasteiger partial charge in [-0.25, -0.2) is 0 Å². The van der Waals surface area contributed by atoms with Crippen LogP contribution in [0.15, 0.2) is 23.8 Å². The van der Waals surface area contributed by atoms with E-state index in [1.165, 1.54) is 160 Å². The number of ether oxygens (including phenoxy) is 2. The van der Waals surface area contributed by atoms with Gasteiger partial charge in [0.1, 0.15) is 6.10 Å². The number of esters is 2. The standard InChI is InChI=1S/C49H93NO4/c1-6-11-14-17-20-29-36-44-53-48(51)40-32-25-21-27-34-42-50(45-46(10-5)37-9-4)43-35-28-22-26-33-41-49(52)54-47(38-30-23-18-15-12-7-2)39-31-24-19-16-13-8-3/h9-10,37,47H,6-8,11-36,38-45H2,1-5H3/b37-9-,46-10+. The number of hydrogen-bond acceptors (Lipinski definition) is 5. The Morgan fingerprint density at radius 1 is 0.500 bits per heavy atom. The van der Waals surface area contributed by atoms with Crippen LogP contribution in [-0.2, 0) is 19.1 Å². The minimum atomic E-state index is -0.0128. The number of nitrogens with zero attached hydrogens (tertiary/aromatic N) is 1. The van der Waals surface area contributed by atoms with Gasteiger partial charge in [0.25, 0.3) is 0 Å². The molecule has 0 unspecified atom stereocenters. The topological polar surface area (TPSA) is 55.8 Å². The Morgan fingerprint density at radius 3 is 1.37 bits per heavy atom. The summed E-state index contributed by atoms with van der Waals surface area (Å²) in [6.45, 7) is 14.9. The molecule has 0 radical (unpaired) electrons. The fraction of sp³-hybridized carbons (Fsp3) is 0.878. The van der Waals surface area contributed by atoms with Crippen LogP contribution in [-0.4, -0.2) is 49.2 Å². The van der Waals surface area contributed by atoms with Crippen molar-refractivity contribution in [3.05, 3.63) is 23.8 Å². The van der Waals surface area contributed by atoms with Crippen molar-refractivity contribution in [1.82, 2.24) is 4.90 Å². The molecule has 0 aromatic carbocycles. The maximum atomic E-state index is 12.8. The molecular formula is C49H93NO4. The molecular weight excluding hydrogens is 667 g/mol. The lowest BCUT2D eigenvalue weighted by Gasteiger charge is -2.23. The smallest absolute Gasteiger partial charge is 0.306 e. The molecule has 0 fully saturated rings. The Balaban J connectivity index is 4.31. The van der Waals surface area contributed by atoms with E-state index in [9.17, 15) is 9.59 Å². The normalized spacial score (nSPS) is 12.1. The first-order valence-electron chi connectivity index (χ1n) is 23.9. The van der Waals surface area contributed by atoms with Gasteiger partial charge in [0.05, 0.1) is 6.61 Å². The highest BCUT2D eigenvalue weighted by Crippen LogP contribution is 2.19. The predicted molar refractivity (Wildman–Crippen MR) is 235 cm³/mol. The molecule has 0 aliphatic carbocycles. The molecule has 0 saturated heterocycles. The molecule has 0 aromatic heterocycles. The van der Waals surface area contributed by atoms with E-state index in [2.05, 4.69) is 57.7 Å². The highest BCUT2D eigenvalue weighted by molar-refractivity contribution is 5.69. The lowest BCUT2D eigenvalue weighted by Crippen LogP contribution is -2.28. The Kier molecular flexibility index (Phi) is 41.2. The molecule has 0 bridgehead atoms. The third kappa shape index (κ3) is 37.3. The summed E-state index contributed by atoms with van der Waals surface area (Å²) in [5, 5.41) is 0. The van der Waals surface area contributed by atoms with Crippen molar-refractivity contribution in [2.24, 2.45) is 0 Å². The molecule has 0 spiro atoms. The van der Waals surface area contributed by atoms with Crippen molar-refractivity contribution >= 4 is 11.9 Å². The highest BCUT2D eigenvalue weighted by Gasteiger charge is 2.14. The zero-order chi connectivity index (χ0) is 39.6. The quantitative estimate of drug-likeness (QED) is 0.0352. The van der Waals surface area contributed by atoms with Gasteiger partial charge >= 0.3 is 11.9 Å². The largest absolute Gasteiger partial charge is 0.466 e. The molecule has 5 heteroatoms. The second-order valence-electron chi connectivity index (χ2n) is 16.2. The summed E-state index contributed by atoms with van der Waals surface area (Å²) in [6.07, 6.45) is 45.5. The molecule has 0 saturated carbocycles. The van der Waals surface area contributed by atoms with Crippen LogP contribution in [0.5, 0.6) is 0 Å². The number of carbonyl (C=O) groups is 2. The number of rotatable bonds is 42. The maximum Gasteiger partial charge on any atom is 0.306 e. The van der Waals surface area contributed by atoms with Crippen LogP contribution in [0.25, 0.3) is 0 Å². The summed E-state index contributed by atoms with van der Waals surface area (Å²) >= 11 is 0. The van der Waals surface area contributed by atoms with Gasteiger partial charge < -0.3 is 9.47 Å². The van der Waals surface area contributed by atoms with Crippen LogP contribution < -0.4 is 0 Å². The van der Waals surface area contributed by atoms with Crippen LogP contribution in [0.3, 0.4) is 0 Å². The Hall–Kier alpha value is -1.62. The second-order valence-corrected chi connectivity index (χ2v) is 16.2. The summed E-state index contributed by atoms with van der Waals surface area (Å²) < 4.78 is 11.5. The molecule has 0 aliphatic heterocycles. The van der Waals surface area contributed by atoms with Crippen molar-refractivity contribution in [2.75, 3.05) is 26.2 Å².